The summed E-state index contributed by atoms with van der Waals surface area (Å²) in [6.45, 7) is 4.08. The van der Waals surface area contributed by atoms with E-state index in [0.29, 0.717) is 0 Å². The van der Waals surface area contributed by atoms with Crippen molar-refractivity contribution in [2.24, 2.45) is 5.73 Å². The molecular weight excluding hydrogens is 210 g/mol. The van der Waals surface area contributed by atoms with Crippen LogP contribution in [0.4, 0.5) is 0 Å². The van der Waals surface area contributed by atoms with E-state index in [0.717, 1.165) is 17.7 Å². The Bertz CT molecular complexity index is 409. The largest absolute Gasteiger partial charge is 0.486 e. The zero-order valence-electron chi connectivity index (χ0n) is 10.6. The smallest absolute Gasteiger partial charge is 0.124 e. The van der Waals surface area contributed by atoms with Crippen LogP contribution in [0.1, 0.15) is 43.4 Å². The Morgan fingerprint density at radius 2 is 2.24 bits per heavy atom. The van der Waals surface area contributed by atoms with Crippen molar-refractivity contribution in [3.63, 3.8) is 0 Å². The van der Waals surface area contributed by atoms with Gasteiger partial charge in [-0.3, -0.25) is 0 Å². The van der Waals surface area contributed by atoms with Gasteiger partial charge >= 0.3 is 0 Å². The minimum absolute atomic E-state index is 0.0115. The van der Waals surface area contributed by atoms with Gasteiger partial charge in [-0.2, -0.15) is 0 Å². The zero-order valence-corrected chi connectivity index (χ0v) is 10.6. The molecule has 0 aromatic heterocycles. The number of nitrogens with two attached hydrogens (primary N) is 1. The highest BCUT2D eigenvalue weighted by Gasteiger charge is 2.14. The first-order valence-corrected chi connectivity index (χ1v) is 6.36. The topological polar surface area (TPSA) is 35.2 Å². The number of ether oxygens (including phenoxy) is 1. The summed E-state index contributed by atoms with van der Waals surface area (Å²) in [7, 11) is 0. The number of hydrogen-bond donors (Lipinski definition) is 1. The zero-order chi connectivity index (χ0) is 12.3. The second-order valence-electron chi connectivity index (χ2n) is 4.85. The fourth-order valence-corrected chi connectivity index (χ4v) is 2.17. The van der Waals surface area contributed by atoms with Gasteiger partial charge in [0.1, 0.15) is 11.9 Å². The summed E-state index contributed by atoms with van der Waals surface area (Å²) >= 11 is 0. The molecule has 1 aliphatic carbocycles. The second-order valence-corrected chi connectivity index (χ2v) is 4.85. The van der Waals surface area contributed by atoms with Crippen LogP contribution in [0.25, 0.3) is 0 Å². The molecule has 0 saturated carbocycles. The van der Waals surface area contributed by atoms with Crippen molar-refractivity contribution in [3.05, 3.63) is 41.5 Å². The lowest BCUT2D eigenvalue weighted by atomic mass is 10.0. The molecule has 1 aromatic rings. The van der Waals surface area contributed by atoms with Crippen molar-refractivity contribution in [2.75, 3.05) is 0 Å². The van der Waals surface area contributed by atoms with E-state index in [-0.39, 0.29) is 12.1 Å². The third-order valence-corrected chi connectivity index (χ3v) is 3.14. The summed E-state index contributed by atoms with van der Waals surface area (Å²) in [6.07, 6.45) is 8.06. The molecule has 0 amide bonds. The maximum atomic E-state index is 6.04. The summed E-state index contributed by atoms with van der Waals surface area (Å²) in [4.78, 5) is 0. The number of allylic oxidation sites excluding steroid dienone is 1. The van der Waals surface area contributed by atoms with Crippen molar-refractivity contribution in [1.29, 1.82) is 0 Å². The average Bonchev–Trinajstić information content (AvgIpc) is 2.32. The summed E-state index contributed by atoms with van der Waals surface area (Å²) < 4.78 is 6.04. The Morgan fingerprint density at radius 1 is 1.41 bits per heavy atom. The van der Waals surface area contributed by atoms with Crippen molar-refractivity contribution in [1.82, 2.24) is 0 Å². The fourth-order valence-electron chi connectivity index (χ4n) is 2.17. The highest BCUT2D eigenvalue weighted by Crippen LogP contribution is 2.27. The van der Waals surface area contributed by atoms with Crippen molar-refractivity contribution < 1.29 is 4.74 Å². The Balaban J connectivity index is 2.19. The molecule has 0 heterocycles. The number of hydrogen-bond acceptors (Lipinski definition) is 2. The third kappa shape index (κ3) is 3.10. The first kappa shape index (κ1) is 12.2. The molecule has 0 spiro atoms. The standard InChI is InChI=1S/C15H21NO/c1-11-8-9-15(14(10-11)12(2)16)17-13-6-4-3-5-7-13/h4,6,8-10,12-13H,3,5,7,16H2,1-2H3. The van der Waals surface area contributed by atoms with Gasteiger partial charge < -0.3 is 10.5 Å². The number of rotatable bonds is 3. The van der Waals surface area contributed by atoms with Crippen LogP contribution in [-0.2, 0) is 0 Å². The van der Waals surface area contributed by atoms with Crippen LogP contribution in [0.15, 0.2) is 30.4 Å². The number of aryl methyl sites for hydroxylation is 1. The van der Waals surface area contributed by atoms with Gasteiger partial charge in [0.05, 0.1) is 0 Å². The van der Waals surface area contributed by atoms with E-state index in [4.69, 9.17) is 10.5 Å². The molecule has 0 radical (unpaired) electrons. The van der Waals surface area contributed by atoms with Crippen LogP contribution in [0, 0.1) is 6.92 Å². The van der Waals surface area contributed by atoms with Crippen LogP contribution < -0.4 is 10.5 Å². The molecule has 0 aliphatic heterocycles. The second kappa shape index (κ2) is 5.37. The molecule has 2 unspecified atom stereocenters. The van der Waals surface area contributed by atoms with Crippen LogP contribution in [-0.4, -0.2) is 6.10 Å². The first-order valence-electron chi connectivity index (χ1n) is 6.36. The van der Waals surface area contributed by atoms with Gasteiger partial charge in [0.2, 0.25) is 0 Å². The lowest BCUT2D eigenvalue weighted by molar-refractivity contribution is 0.227. The minimum atomic E-state index is 0.0115. The summed E-state index contributed by atoms with van der Waals surface area (Å²) in [5.41, 5.74) is 8.32. The van der Waals surface area contributed by atoms with E-state index in [9.17, 15) is 0 Å². The molecule has 2 rings (SSSR count). The van der Waals surface area contributed by atoms with E-state index < -0.39 is 0 Å². The Morgan fingerprint density at radius 3 is 2.88 bits per heavy atom. The molecule has 92 valence electrons. The molecule has 2 nitrogen and oxygen atoms in total. The lowest BCUT2D eigenvalue weighted by Crippen LogP contribution is -2.18. The van der Waals surface area contributed by atoms with Gasteiger partial charge in [-0.15, -0.1) is 0 Å². The number of benzene rings is 1. The molecule has 1 aromatic carbocycles. The Hall–Kier alpha value is -1.28. The minimum Gasteiger partial charge on any atom is -0.486 e. The molecule has 0 bridgehead atoms. The van der Waals surface area contributed by atoms with Gasteiger partial charge in [0.15, 0.2) is 0 Å². The lowest BCUT2D eigenvalue weighted by Gasteiger charge is -2.22. The maximum Gasteiger partial charge on any atom is 0.124 e. The Kier molecular flexibility index (Phi) is 3.85. The summed E-state index contributed by atoms with van der Waals surface area (Å²) in [5, 5.41) is 0. The molecule has 2 heteroatoms. The third-order valence-electron chi connectivity index (χ3n) is 3.14. The molecule has 2 atom stereocenters. The molecular formula is C15H21NO. The first-order chi connectivity index (χ1) is 8.16. The summed E-state index contributed by atoms with van der Waals surface area (Å²) in [5.74, 6) is 0.933. The summed E-state index contributed by atoms with van der Waals surface area (Å²) in [6, 6.07) is 6.24. The van der Waals surface area contributed by atoms with E-state index in [1.807, 2.05) is 13.0 Å². The van der Waals surface area contributed by atoms with E-state index in [2.05, 4.69) is 31.2 Å². The van der Waals surface area contributed by atoms with Crippen molar-refractivity contribution in [3.8, 4) is 5.75 Å². The highest BCUT2D eigenvalue weighted by atomic mass is 16.5. The van der Waals surface area contributed by atoms with Gasteiger partial charge in [0, 0.05) is 11.6 Å². The molecule has 1 aliphatic rings. The average molecular weight is 231 g/mol. The van der Waals surface area contributed by atoms with Crippen LogP contribution in [0.2, 0.25) is 0 Å². The van der Waals surface area contributed by atoms with E-state index in [1.54, 1.807) is 0 Å². The van der Waals surface area contributed by atoms with Gasteiger partial charge in [-0.25, -0.2) is 0 Å². The molecule has 17 heavy (non-hydrogen) atoms. The van der Waals surface area contributed by atoms with Gasteiger partial charge in [-0.05, 0) is 45.3 Å². The molecule has 0 fully saturated rings. The maximum absolute atomic E-state index is 6.04. The van der Waals surface area contributed by atoms with Gasteiger partial charge in [0.25, 0.3) is 0 Å². The quantitative estimate of drug-likeness (QED) is 0.808. The normalized spacial score (nSPS) is 21.2. The fraction of sp³-hybridized carbons (Fsp3) is 0.467. The van der Waals surface area contributed by atoms with Crippen LogP contribution in [0.3, 0.4) is 0 Å². The molecule has 2 N–H and O–H groups in total. The van der Waals surface area contributed by atoms with E-state index >= 15 is 0 Å². The predicted octanol–water partition coefficient (Wildman–Crippen LogP) is 3.50. The predicted molar refractivity (Wildman–Crippen MR) is 71.2 cm³/mol. The van der Waals surface area contributed by atoms with E-state index in [1.165, 1.54) is 18.4 Å². The Labute approximate surface area is 103 Å². The van der Waals surface area contributed by atoms with Crippen molar-refractivity contribution >= 4 is 0 Å². The SMILES string of the molecule is Cc1ccc(OC2C=CCCC2)c(C(C)N)c1. The molecule has 0 saturated heterocycles. The monoisotopic (exact) mass is 231 g/mol. The van der Waals surface area contributed by atoms with Crippen LogP contribution in [0.5, 0.6) is 5.75 Å². The highest BCUT2D eigenvalue weighted by molar-refractivity contribution is 5.39. The van der Waals surface area contributed by atoms with Crippen LogP contribution >= 0.6 is 0 Å². The van der Waals surface area contributed by atoms with Gasteiger partial charge in [-0.1, -0.05) is 23.8 Å². The van der Waals surface area contributed by atoms with Crippen molar-refractivity contribution in [2.45, 2.75) is 45.3 Å².